The molecule has 1 aromatic carbocycles. The number of benzene rings is 1. The summed E-state index contributed by atoms with van der Waals surface area (Å²) in [6, 6.07) is 8.21. The molecule has 0 radical (unpaired) electrons. The summed E-state index contributed by atoms with van der Waals surface area (Å²) in [5, 5.41) is 0. The Morgan fingerprint density at radius 3 is 2.87 bits per heavy atom. The molecule has 1 aliphatic rings. The van der Waals surface area contributed by atoms with Gasteiger partial charge < -0.3 is 9.47 Å². The molecule has 15 heavy (non-hydrogen) atoms. The summed E-state index contributed by atoms with van der Waals surface area (Å²) < 4.78 is 12.1. The molecule has 0 bridgehead atoms. The zero-order valence-corrected chi connectivity index (χ0v) is 10.4. The van der Waals surface area contributed by atoms with E-state index in [2.05, 4.69) is 35.0 Å². The molecule has 0 spiro atoms. The van der Waals surface area contributed by atoms with E-state index in [0.717, 1.165) is 17.5 Å². The quantitative estimate of drug-likeness (QED) is 0.766. The first-order valence-corrected chi connectivity index (χ1v) is 6.08. The van der Waals surface area contributed by atoms with Gasteiger partial charge in [0, 0.05) is 4.47 Å². The van der Waals surface area contributed by atoms with Crippen molar-refractivity contribution in [3.05, 3.63) is 34.3 Å². The minimum absolute atomic E-state index is 0.171. The molecule has 0 aromatic heterocycles. The average Bonchev–Trinajstić information content (AvgIpc) is 3.05. The SMILES string of the molecule is CCC(OC[C@H]1CO1)c1ccccc1Br. The summed E-state index contributed by atoms with van der Waals surface area (Å²) in [7, 11) is 0. The zero-order chi connectivity index (χ0) is 10.7. The van der Waals surface area contributed by atoms with Crippen molar-refractivity contribution >= 4 is 15.9 Å². The Kier molecular flexibility index (Phi) is 3.78. The van der Waals surface area contributed by atoms with Gasteiger partial charge in [0.2, 0.25) is 0 Å². The lowest BCUT2D eigenvalue weighted by Gasteiger charge is -2.17. The number of rotatable bonds is 5. The first-order chi connectivity index (χ1) is 7.31. The van der Waals surface area contributed by atoms with E-state index in [9.17, 15) is 0 Å². The predicted octanol–water partition coefficient (Wildman–Crippen LogP) is 3.32. The fourth-order valence-corrected chi connectivity index (χ4v) is 2.09. The van der Waals surface area contributed by atoms with Crippen molar-refractivity contribution in [2.24, 2.45) is 0 Å². The molecule has 0 aliphatic carbocycles. The molecule has 2 atom stereocenters. The molecule has 1 aromatic rings. The first-order valence-electron chi connectivity index (χ1n) is 5.29. The Morgan fingerprint density at radius 1 is 1.53 bits per heavy atom. The molecule has 3 heteroatoms. The molecule has 1 saturated heterocycles. The lowest BCUT2D eigenvalue weighted by molar-refractivity contribution is 0.0390. The Bertz CT molecular complexity index is 323. The van der Waals surface area contributed by atoms with Crippen LogP contribution < -0.4 is 0 Å². The van der Waals surface area contributed by atoms with Gasteiger partial charge in [-0.25, -0.2) is 0 Å². The van der Waals surface area contributed by atoms with Crippen LogP contribution in [-0.4, -0.2) is 19.3 Å². The van der Waals surface area contributed by atoms with E-state index in [1.54, 1.807) is 0 Å². The third kappa shape index (κ3) is 3.03. The van der Waals surface area contributed by atoms with Crippen molar-refractivity contribution in [3.8, 4) is 0 Å². The van der Waals surface area contributed by atoms with Crippen LogP contribution in [0.5, 0.6) is 0 Å². The predicted molar refractivity (Wildman–Crippen MR) is 62.9 cm³/mol. The fourth-order valence-electron chi connectivity index (χ4n) is 1.55. The highest BCUT2D eigenvalue weighted by Gasteiger charge is 2.24. The van der Waals surface area contributed by atoms with Gasteiger partial charge in [0.15, 0.2) is 0 Å². The van der Waals surface area contributed by atoms with Crippen LogP contribution in [0.2, 0.25) is 0 Å². The van der Waals surface area contributed by atoms with Crippen LogP contribution in [0.1, 0.15) is 25.0 Å². The standard InChI is InChI=1S/C12H15BrO2/c1-2-12(15-8-9-7-14-9)10-5-3-4-6-11(10)13/h3-6,9,12H,2,7-8H2,1H3/t9-,12?/m1/s1. The molecule has 1 fully saturated rings. The van der Waals surface area contributed by atoms with Gasteiger partial charge in [-0.2, -0.15) is 0 Å². The van der Waals surface area contributed by atoms with Gasteiger partial charge in [-0.15, -0.1) is 0 Å². The first kappa shape index (κ1) is 11.1. The van der Waals surface area contributed by atoms with E-state index in [4.69, 9.17) is 9.47 Å². The van der Waals surface area contributed by atoms with Crippen LogP contribution in [0.4, 0.5) is 0 Å². The smallest absolute Gasteiger partial charge is 0.104 e. The number of ether oxygens (including phenoxy) is 2. The minimum Gasteiger partial charge on any atom is -0.371 e. The van der Waals surface area contributed by atoms with Crippen LogP contribution in [0.3, 0.4) is 0 Å². The van der Waals surface area contributed by atoms with Crippen LogP contribution in [0.25, 0.3) is 0 Å². The highest BCUT2D eigenvalue weighted by molar-refractivity contribution is 9.10. The zero-order valence-electron chi connectivity index (χ0n) is 8.78. The van der Waals surface area contributed by atoms with E-state index in [0.29, 0.717) is 12.7 Å². The molecular formula is C12H15BrO2. The van der Waals surface area contributed by atoms with Gasteiger partial charge >= 0.3 is 0 Å². The van der Waals surface area contributed by atoms with E-state index in [1.807, 2.05) is 12.1 Å². The number of epoxide rings is 1. The van der Waals surface area contributed by atoms with Crippen molar-refractivity contribution in [2.45, 2.75) is 25.6 Å². The van der Waals surface area contributed by atoms with Crippen molar-refractivity contribution < 1.29 is 9.47 Å². The lowest BCUT2D eigenvalue weighted by atomic mass is 10.1. The van der Waals surface area contributed by atoms with E-state index >= 15 is 0 Å². The highest BCUT2D eigenvalue weighted by Crippen LogP contribution is 2.29. The minimum atomic E-state index is 0.171. The molecule has 1 aliphatic heterocycles. The third-order valence-electron chi connectivity index (χ3n) is 2.51. The summed E-state index contributed by atoms with van der Waals surface area (Å²) in [6.07, 6.45) is 1.49. The highest BCUT2D eigenvalue weighted by atomic mass is 79.9. The second kappa shape index (κ2) is 5.10. The summed E-state index contributed by atoms with van der Waals surface area (Å²) in [5.74, 6) is 0. The second-order valence-electron chi connectivity index (χ2n) is 3.71. The number of halogens is 1. The molecule has 0 saturated carbocycles. The van der Waals surface area contributed by atoms with Gasteiger partial charge in [-0.05, 0) is 18.1 Å². The molecule has 0 N–H and O–H groups in total. The Balaban J connectivity index is 2.00. The van der Waals surface area contributed by atoms with Gasteiger partial charge in [0.1, 0.15) is 6.10 Å². The molecule has 0 amide bonds. The Hall–Kier alpha value is -0.380. The van der Waals surface area contributed by atoms with E-state index in [1.165, 1.54) is 5.56 Å². The molecular weight excluding hydrogens is 256 g/mol. The molecule has 1 unspecified atom stereocenters. The monoisotopic (exact) mass is 270 g/mol. The van der Waals surface area contributed by atoms with Crippen molar-refractivity contribution in [1.82, 2.24) is 0 Å². The number of hydrogen-bond donors (Lipinski definition) is 0. The van der Waals surface area contributed by atoms with Crippen LogP contribution in [-0.2, 0) is 9.47 Å². The maximum absolute atomic E-state index is 5.83. The summed E-state index contributed by atoms with van der Waals surface area (Å²) in [4.78, 5) is 0. The normalized spacial score (nSPS) is 21.3. The molecule has 2 nitrogen and oxygen atoms in total. The van der Waals surface area contributed by atoms with Crippen molar-refractivity contribution in [2.75, 3.05) is 13.2 Å². The van der Waals surface area contributed by atoms with Gasteiger partial charge in [-0.3, -0.25) is 0 Å². The molecule has 1 heterocycles. The maximum atomic E-state index is 5.83. The van der Waals surface area contributed by atoms with Gasteiger partial charge in [0.25, 0.3) is 0 Å². The topological polar surface area (TPSA) is 21.8 Å². The summed E-state index contributed by atoms with van der Waals surface area (Å²) in [5.41, 5.74) is 1.22. The Labute approximate surface area is 98.7 Å². The largest absolute Gasteiger partial charge is 0.371 e. The molecule has 2 rings (SSSR count). The van der Waals surface area contributed by atoms with Gasteiger partial charge in [0.05, 0.1) is 19.3 Å². The van der Waals surface area contributed by atoms with Crippen LogP contribution in [0, 0.1) is 0 Å². The maximum Gasteiger partial charge on any atom is 0.104 e. The lowest BCUT2D eigenvalue weighted by Crippen LogP contribution is -2.08. The van der Waals surface area contributed by atoms with Crippen molar-refractivity contribution in [1.29, 1.82) is 0 Å². The second-order valence-corrected chi connectivity index (χ2v) is 4.56. The van der Waals surface area contributed by atoms with Crippen molar-refractivity contribution in [3.63, 3.8) is 0 Å². The average molecular weight is 271 g/mol. The Morgan fingerprint density at radius 2 is 2.27 bits per heavy atom. The van der Waals surface area contributed by atoms with Crippen LogP contribution in [0.15, 0.2) is 28.7 Å². The third-order valence-corrected chi connectivity index (χ3v) is 3.23. The van der Waals surface area contributed by atoms with E-state index < -0.39 is 0 Å². The fraction of sp³-hybridized carbons (Fsp3) is 0.500. The number of hydrogen-bond acceptors (Lipinski definition) is 2. The summed E-state index contributed by atoms with van der Waals surface area (Å²) >= 11 is 3.55. The molecule has 82 valence electrons. The van der Waals surface area contributed by atoms with Crippen LogP contribution >= 0.6 is 15.9 Å². The summed E-state index contributed by atoms with van der Waals surface area (Å²) in [6.45, 7) is 3.70. The van der Waals surface area contributed by atoms with E-state index in [-0.39, 0.29) is 6.10 Å². The van der Waals surface area contributed by atoms with Gasteiger partial charge in [-0.1, -0.05) is 41.1 Å².